The third-order valence-electron chi connectivity index (χ3n) is 3.64. The van der Waals surface area contributed by atoms with Crippen molar-refractivity contribution in [2.24, 2.45) is 0 Å². The number of fused-ring (bicyclic) bond motifs is 1. The van der Waals surface area contributed by atoms with E-state index in [4.69, 9.17) is 14.6 Å². The number of aryl methyl sites for hydroxylation is 1. The summed E-state index contributed by atoms with van der Waals surface area (Å²) >= 11 is 1.38. The lowest BCUT2D eigenvalue weighted by atomic mass is 10.3. The molecule has 0 saturated carbocycles. The van der Waals surface area contributed by atoms with Gasteiger partial charge in [-0.3, -0.25) is 9.59 Å². The molecule has 9 nitrogen and oxygen atoms in total. The van der Waals surface area contributed by atoms with Crippen molar-refractivity contribution in [3.05, 3.63) is 51.9 Å². The molecule has 3 heterocycles. The number of carboxylic acid groups (broad SMARTS) is 1. The highest BCUT2D eigenvalue weighted by Crippen LogP contribution is 2.13. The van der Waals surface area contributed by atoms with Gasteiger partial charge in [-0.25, -0.2) is 14.8 Å². The first kappa shape index (κ1) is 21.0. The Morgan fingerprint density at radius 1 is 1.36 bits per heavy atom. The van der Waals surface area contributed by atoms with E-state index in [-0.39, 0.29) is 12.4 Å². The van der Waals surface area contributed by atoms with Crippen LogP contribution in [0.1, 0.15) is 38.6 Å². The quantitative estimate of drug-likeness (QED) is 0.475. The average molecular weight is 404 g/mol. The Balaban J connectivity index is 0.000000878. The molecule has 2 N–H and O–H groups in total. The van der Waals surface area contributed by atoms with Crippen LogP contribution < -0.4 is 5.32 Å². The fourth-order valence-electron chi connectivity index (χ4n) is 2.42. The van der Waals surface area contributed by atoms with E-state index in [2.05, 4.69) is 15.3 Å². The first-order valence-electron chi connectivity index (χ1n) is 8.43. The summed E-state index contributed by atoms with van der Waals surface area (Å²) in [5.74, 6) is -0.641. The molecule has 3 rings (SSSR count). The van der Waals surface area contributed by atoms with Crippen molar-refractivity contribution < 1.29 is 24.2 Å². The van der Waals surface area contributed by atoms with E-state index in [1.165, 1.54) is 11.3 Å². The summed E-state index contributed by atoms with van der Waals surface area (Å²) in [6.45, 7) is 4.10. The second kappa shape index (κ2) is 10.2. The molecule has 0 aliphatic rings. The van der Waals surface area contributed by atoms with Gasteiger partial charge in [-0.1, -0.05) is 6.07 Å². The van der Waals surface area contributed by atoms with E-state index in [9.17, 15) is 9.59 Å². The van der Waals surface area contributed by atoms with Crippen molar-refractivity contribution in [1.29, 1.82) is 0 Å². The number of pyridine rings is 1. The van der Waals surface area contributed by atoms with Gasteiger partial charge in [0.25, 0.3) is 12.4 Å². The van der Waals surface area contributed by atoms with E-state index in [0.717, 1.165) is 16.3 Å². The third-order valence-corrected chi connectivity index (χ3v) is 4.55. The summed E-state index contributed by atoms with van der Waals surface area (Å²) in [4.78, 5) is 40.9. The fraction of sp³-hybridized carbons (Fsp3) is 0.278. The second-order valence-corrected chi connectivity index (χ2v) is 6.38. The van der Waals surface area contributed by atoms with Crippen molar-refractivity contribution in [3.8, 4) is 0 Å². The van der Waals surface area contributed by atoms with Gasteiger partial charge in [-0.15, -0.1) is 11.3 Å². The van der Waals surface area contributed by atoms with Gasteiger partial charge < -0.3 is 19.6 Å². The van der Waals surface area contributed by atoms with Crippen LogP contribution in [0.15, 0.2) is 29.8 Å². The number of nitrogens with zero attached hydrogens (tertiary/aromatic N) is 3. The van der Waals surface area contributed by atoms with Gasteiger partial charge in [-0.2, -0.15) is 0 Å². The normalized spacial score (nSPS) is 10.1. The summed E-state index contributed by atoms with van der Waals surface area (Å²) in [5, 5.41) is 12.2. The number of rotatable bonds is 6. The molecule has 1 amide bonds. The predicted octanol–water partition coefficient (Wildman–Crippen LogP) is 1.95. The van der Waals surface area contributed by atoms with Crippen LogP contribution in [0, 0.1) is 6.92 Å². The fourth-order valence-corrected chi connectivity index (χ4v) is 3.19. The van der Waals surface area contributed by atoms with Crippen LogP contribution in [-0.2, 0) is 16.0 Å². The molecule has 28 heavy (non-hydrogen) atoms. The Hall–Kier alpha value is -3.27. The van der Waals surface area contributed by atoms with E-state index in [1.54, 1.807) is 12.3 Å². The van der Waals surface area contributed by atoms with Crippen molar-refractivity contribution >= 4 is 35.3 Å². The molecule has 0 radical (unpaired) electrons. The van der Waals surface area contributed by atoms with Gasteiger partial charge in [0.15, 0.2) is 5.69 Å². The first-order chi connectivity index (χ1) is 13.5. The van der Waals surface area contributed by atoms with Crippen LogP contribution in [0.3, 0.4) is 0 Å². The molecule has 0 atom stereocenters. The van der Waals surface area contributed by atoms with Crippen LogP contribution in [0.25, 0.3) is 5.65 Å². The number of imidazole rings is 1. The Morgan fingerprint density at radius 2 is 2.11 bits per heavy atom. The monoisotopic (exact) mass is 404 g/mol. The molecule has 0 bridgehead atoms. The van der Waals surface area contributed by atoms with Gasteiger partial charge in [0.2, 0.25) is 0 Å². The summed E-state index contributed by atoms with van der Waals surface area (Å²) in [6, 6.07) is 5.64. The zero-order valence-electron chi connectivity index (χ0n) is 15.4. The number of amides is 1. The molecule has 0 spiro atoms. The highest BCUT2D eigenvalue weighted by atomic mass is 32.1. The lowest BCUT2D eigenvalue weighted by molar-refractivity contribution is -0.122. The minimum Gasteiger partial charge on any atom is -0.483 e. The van der Waals surface area contributed by atoms with E-state index < -0.39 is 5.97 Å². The molecule has 10 heteroatoms. The number of ether oxygens (including phenoxy) is 1. The van der Waals surface area contributed by atoms with Crippen LogP contribution in [0.2, 0.25) is 0 Å². The number of nitrogens with one attached hydrogen (secondary N) is 1. The Labute approximate surface area is 165 Å². The second-order valence-electron chi connectivity index (χ2n) is 5.43. The van der Waals surface area contributed by atoms with Crippen LogP contribution in [0.5, 0.6) is 0 Å². The van der Waals surface area contributed by atoms with Gasteiger partial charge in [0.05, 0.1) is 17.3 Å². The van der Waals surface area contributed by atoms with Crippen LogP contribution >= 0.6 is 11.3 Å². The zero-order valence-corrected chi connectivity index (χ0v) is 16.2. The number of carbonyl (C=O) groups is 3. The van der Waals surface area contributed by atoms with Crippen LogP contribution in [-0.4, -0.2) is 51.0 Å². The molecule has 0 unspecified atom stereocenters. The minimum atomic E-state index is -0.422. The lowest BCUT2D eigenvalue weighted by Gasteiger charge is -2.02. The number of esters is 1. The maximum Gasteiger partial charge on any atom is 0.357 e. The predicted molar refractivity (Wildman–Crippen MR) is 103 cm³/mol. The maximum absolute atomic E-state index is 12.3. The topological polar surface area (TPSA) is 123 Å². The van der Waals surface area contributed by atoms with Gasteiger partial charge in [-0.05, 0) is 26.0 Å². The minimum absolute atomic E-state index is 0.219. The van der Waals surface area contributed by atoms with E-state index >= 15 is 0 Å². The number of thiazole rings is 1. The molecular formula is C18H20N4O5S. The summed E-state index contributed by atoms with van der Waals surface area (Å²) in [6.07, 6.45) is 2.42. The lowest BCUT2D eigenvalue weighted by Crippen LogP contribution is -2.26. The van der Waals surface area contributed by atoms with Gasteiger partial charge in [0, 0.05) is 24.5 Å². The molecule has 0 aliphatic carbocycles. The highest BCUT2D eigenvalue weighted by molar-refractivity contribution is 7.09. The SMILES string of the molecule is CCOC(=O)c1csc(CCNC(=O)c2nc3ccccn3c2C)n1.O=CO. The van der Waals surface area contributed by atoms with Gasteiger partial charge in [0.1, 0.15) is 11.3 Å². The molecule has 0 fully saturated rings. The Bertz CT molecular complexity index is 966. The number of hydrogen-bond acceptors (Lipinski definition) is 7. The largest absolute Gasteiger partial charge is 0.483 e. The summed E-state index contributed by atoms with van der Waals surface area (Å²) in [7, 11) is 0. The summed E-state index contributed by atoms with van der Waals surface area (Å²) in [5.41, 5.74) is 2.26. The Kier molecular flexibility index (Phi) is 7.64. The van der Waals surface area contributed by atoms with E-state index in [0.29, 0.717) is 31.0 Å². The van der Waals surface area contributed by atoms with Crippen LogP contribution in [0.4, 0.5) is 0 Å². The molecule has 0 aromatic carbocycles. The first-order valence-corrected chi connectivity index (χ1v) is 9.31. The number of aromatic nitrogens is 3. The summed E-state index contributed by atoms with van der Waals surface area (Å²) < 4.78 is 6.79. The molecule has 3 aromatic rings. The van der Waals surface area contributed by atoms with E-state index in [1.807, 2.05) is 35.7 Å². The molecular weight excluding hydrogens is 384 g/mol. The average Bonchev–Trinajstić information content (AvgIpc) is 3.28. The molecule has 0 aliphatic heterocycles. The smallest absolute Gasteiger partial charge is 0.357 e. The standard InChI is InChI=1S/C17H18N4O3S.CH2O2/c1-3-24-17(23)12-10-25-14(19-12)7-8-18-16(22)15-11(2)21-9-5-4-6-13(21)20-15;2-1-3/h4-6,9-10H,3,7-8H2,1-2H3,(H,18,22);1H,(H,2,3). The maximum atomic E-state index is 12.3. The zero-order chi connectivity index (χ0) is 20.5. The van der Waals surface area contributed by atoms with Crippen molar-refractivity contribution in [2.45, 2.75) is 20.3 Å². The van der Waals surface area contributed by atoms with Crippen molar-refractivity contribution in [3.63, 3.8) is 0 Å². The van der Waals surface area contributed by atoms with Crippen molar-refractivity contribution in [1.82, 2.24) is 19.7 Å². The molecule has 0 saturated heterocycles. The Morgan fingerprint density at radius 3 is 2.79 bits per heavy atom. The highest BCUT2D eigenvalue weighted by Gasteiger charge is 2.16. The van der Waals surface area contributed by atoms with Gasteiger partial charge >= 0.3 is 5.97 Å². The molecule has 3 aromatic heterocycles. The van der Waals surface area contributed by atoms with Crippen molar-refractivity contribution in [2.75, 3.05) is 13.2 Å². The molecule has 148 valence electrons. The number of hydrogen-bond donors (Lipinski definition) is 2. The third kappa shape index (κ3) is 5.13. The number of carbonyl (C=O) groups excluding carboxylic acids is 2.